The van der Waals surface area contributed by atoms with E-state index >= 15 is 0 Å². The van der Waals surface area contributed by atoms with E-state index in [1.165, 1.54) is 0 Å². The molecule has 25 heavy (non-hydrogen) atoms. The van der Waals surface area contributed by atoms with Gasteiger partial charge in [0, 0.05) is 5.56 Å². The van der Waals surface area contributed by atoms with Crippen LogP contribution in [-0.2, 0) is 5.41 Å². The van der Waals surface area contributed by atoms with Crippen molar-refractivity contribution < 1.29 is 14.7 Å². The number of hydrogen-bond donors (Lipinski definition) is 2. The minimum Gasteiger partial charge on any atom is -0.508 e. The fourth-order valence-corrected chi connectivity index (χ4v) is 3.56. The Hall–Kier alpha value is -2.59. The first-order valence-electron chi connectivity index (χ1n) is 8.69. The zero-order chi connectivity index (χ0) is 17.4. The Morgan fingerprint density at radius 3 is 2.32 bits per heavy atom. The molecule has 1 unspecified atom stereocenters. The average molecular weight is 335 g/mol. The van der Waals surface area contributed by atoms with Crippen molar-refractivity contribution in [2.75, 3.05) is 0 Å². The van der Waals surface area contributed by atoms with E-state index in [1.807, 2.05) is 49.4 Å². The normalized spacial score (nSPS) is 16.6. The molecule has 1 heterocycles. The molecule has 0 aliphatic heterocycles. The van der Waals surface area contributed by atoms with Crippen LogP contribution < -0.4 is 0 Å². The molecule has 0 saturated heterocycles. The number of phenols is 1. The summed E-state index contributed by atoms with van der Waals surface area (Å²) in [6, 6.07) is 17.0. The summed E-state index contributed by atoms with van der Waals surface area (Å²) in [5.74, 6) is 0.991. The molecule has 4 rings (SSSR count). The molecule has 2 N–H and O–H groups in total. The van der Waals surface area contributed by atoms with Crippen LogP contribution >= 0.6 is 0 Å². The third-order valence-electron chi connectivity index (χ3n) is 5.16. The van der Waals surface area contributed by atoms with Gasteiger partial charge in [0.1, 0.15) is 11.4 Å². The Balaban J connectivity index is 1.91. The third kappa shape index (κ3) is 2.63. The molecule has 4 nitrogen and oxygen atoms in total. The summed E-state index contributed by atoms with van der Waals surface area (Å²) in [6.45, 7) is 1.99. The highest BCUT2D eigenvalue weighted by Crippen LogP contribution is 2.56. The lowest BCUT2D eigenvalue weighted by molar-refractivity contribution is 0.113. The highest BCUT2D eigenvalue weighted by Gasteiger charge is 2.54. The van der Waals surface area contributed by atoms with Gasteiger partial charge < -0.3 is 14.7 Å². The van der Waals surface area contributed by atoms with E-state index in [-0.39, 0.29) is 11.2 Å². The number of aliphatic hydroxyl groups excluding tert-OH is 1. The third-order valence-corrected chi connectivity index (χ3v) is 5.16. The highest BCUT2D eigenvalue weighted by molar-refractivity contribution is 5.83. The number of benzene rings is 2. The molecule has 1 atom stereocenters. The predicted octanol–water partition coefficient (Wildman–Crippen LogP) is 4.52. The number of aromatic hydroxyl groups is 1. The van der Waals surface area contributed by atoms with Crippen molar-refractivity contribution >= 4 is 0 Å². The number of rotatable bonds is 5. The van der Waals surface area contributed by atoms with Crippen molar-refractivity contribution in [3.05, 3.63) is 60.4 Å². The summed E-state index contributed by atoms with van der Waals surface area (Å²) in [5.41, 5.74) is 3.26. The average Bonchev–Trinajstić information content (AvgIpc) is 3.34. The number of hydrogen-bond acceptors (Lipinski definition) is 4. The second kappa shape index (κ2) is 6.05. The zero-order valence-corrected chi connectivity index (χ0v) is 14.1. The number of aromatic nitrogens is 1. The predicted molar refractivity (Wildman–Crippen MR) is 96.2 cm³/mol. The fraction of sp³-hybridized carbons (Fsp3) is 0.286. The zero-order valence-electron chi connectivity index (χ0n) is 14.1. The van der Waals surface area contributed by atoms with Gasteiger partial charge in [-0.1, -0.05) is 42.4 Å². The van der Waals surface area contributed by atoms with Gasteiger partial charge in [0.15, 0.2) is 5.76 Å². The number of phenolic OH excluding ortho intramolecular Hbond substituents is 1. The maximum absolute atomic E-state index is 10.6. The van der Waals surface area contributed by atoms with E-state index < -0.39 is 6.10 Å². The monoisotopic (exact) mass is 335 g/mol. The van der Waals surface area contributed by atoms with Crippen molar-refractivity contribution in [3.63, 3.8) is 0 Å². The molecule has 1 aliphatic rings. The second-order valence-electron chi connectivity index (χ2n) is 6.73. The van der Waals surface area contributed by atoms with Gasteiger partial charge in [0.05, 0.1) is 17.1 Å². The summed E-state index contributed by atoms with van der Waals surface area (Å²) < 4.78 is 5.81. The molecule has 4 heteroatoms. The Kier molecular flexibility index (Phi) is 3.85. The molecule has 0 radical (unpaired) electrons. The van der Waals surface area contributed by atoms with Gasteiger partial charge in [-0.2, -0.15) is 0 Å². The summed E-state index contributed by atoms with van der Waals surface area (Å²) in [7, 11) is 0. The molecule has 1 aromatic heterocycles. The fourth-order valence-electron chi connectivity index (χ4n) is 3.56. The van der Waals surface area contributed by atoms with Crippen molar-refractivity contribution in [3.8, 4) is 28.1 Å². The van der Waals surface area contributed by atoms with Gasteiger partial charge in [0.25, 0.3) is 0 Å². The van der Waals surface area contributed by atoms with E-state index in [9.17, 15) is 10.2 Å². The van der Waals surface area contributed by atoms with Crippen molar-refractivity contribution in [1.29, 1.82) is 0 Å². The topological polar surface area (TPSA) is 66.5 Å². The van der Waals surface area contributed by atoms with Gasteiger partial charge in [-0.15, -0.1) is 0 Å². The Morgan fingerprint density at radius 2 is 1.72 bits per heavy atom. The summed E-state index contributed by atoms with van der Waals surface area (Å²) in [5, 5.41) is 24.5. The maximum Gasteiger partial charge on any atom is 0.153 e. The molecule has 1 saturated carbocycles. The van der Waals surface area contributed by atoms with Crippen LogP contribution in [0.3, 0.4) is 0 Å². The number of nitrogens with zero attached hydrogens (tertiary/aromatic N) is 1. The molecule has 2 aromatic carbocycles. The van der Waals surface area contributed by atoms with E-state index in [2.05, 4.69) is 5.16 Å². The summed E-state index contributed by atoms with van der Waals surface area (Å²) in [6.07, 6.45) is 2.07. The lowest BCUT2D eigenvalue weighted by atomic mass is 9.87. The molecule has 1 aliphatic carbocycles. The minimum atomic E-state index is -0.435. The molecule has 0 amide bonds. The molecular weight excluding hydrogens is 314 g/mol. The molecule has 128 valence electrons. The van der Waals surface area contributed by atoms with Crippen LogP contribution in [0.15, 0.2) is 59.1 Å². The lowest BCUT2D eigenvalue weighted by Crippen LogP contribution is -2.25. The van der Waals surface area contributed by atoms with Crippen molar-refractivity contribution in [1.82, 2.24) is 5.16 Å². The summed E-state index contributed by atoms with van der Waals surface area (Å²) >= 11 is 0. The van der Waals surface area contributed by atoms with Crippen LogP contribution in [0.4, 0.5) is 0 Å². The van der Waals surface area contributed by atoms with Crippen LogP contribution in [0.25, 0.3) is 22.4 Å². The largest absolute Gasteiger partial charge is 0.508 e. The Labute approximate surface area is 146 Å². The van der Waals surface area contributed by atoms with Crippen LogP contribution in [0, 0.1) is 0 Å². The Bertz CT molecular complexity index is 864. The maximum atomic E-state index is 10.6. The first kappa shape index (κ1) is 15.9. The summed E-state index contributed by atoms with van der Waals surface area (Å²) in [4.78, 5) is 0. The van der Waals surface area contributed by atoms with E-state index in [0.717, 1.165) is 41.0 Å². The standard InChI is InChI=1S/C21H21NO3/c1-2-17(24)21(12-13-21)20-18(14-6-4-3-5-7-14)19(22-25-20)15-8-10-16(23)11-9-15/h3-11,17,23-24H,2,12-13H2,1H3. The quantitative estimate of drug-likeness (QED) is 0.719. The van der Waals surface area contributed by atoms with E-state index in [1.54, 1.807) is 12.1 Å². The lowest BCUT2D eigenvalue weighted by Gasteiger charge is -2.19. The minimum absolute atomic E-state index is 0.216. The van der Waals surface area contributed by atoms with Crippen LogP contribution in [-0.4, -0.2) is 21.5 Å². The van der Waals surface area contributed by atoms with Crippen LogP contribution in [0.5, 0.6) is 5.75 Å². The van der Waals surface area contributed by atoms with Gasteiger partial charge in [0.2, 0.25) is 0 Å². The van der Waals surface area contributed by atoms with E-state index in [4.69, 9.17) is 4.52 Å². The van der Waals surface area contributed by atoms with Gasteiger partial charge in [-0.3, -0.25) is 0 Å². The van der Waals surface area contributed by atoms with Crippen molar-refractivity contribution in [2.45, 2.75) is 37.7 Å². The second-order valence-corrected chi connectivity index (χ2v) is 6.73. The molecule has 1 fully saturated rings. The van der Waals surface area contributed by atoms with Gasteiger partial charge >= 0.3 is 0 Å². The SMILES string of the molecule is CCC(O)C1(c2onc(-c3ccc(O)cc3)c2-c2ccccc2)CC1. The van der Waals surface area contributed by atoms with Gasteiger partial charge in [-0.05, 0) is 49.1 Å². The highest BCUT2D eigenvalue weighted by atomic mass is 16.5. The molecule has 0 spiro atoms. The van der Waals surface area contributed by atoms with E-state index in [0.29, 0.717) is 6.42 Å². The van der Waals surface area contributed by atoms with Crippen LogP contribution in [0.2, 0.25) is 0 Å². The molecular formula is C21H21NO3. The van der Waals surface area contributed by atoms with Crippen molar-refractivity contribution in [2.24, 2.45) is 0 Å². The molecule has 0 bridgehead atoms. The smallest absolute Gasteiger partial charge is 0.153 e. The number of aliphatic hydroxyl groups is 1. The van der Waals surface area contributed by atoms with Crippen LogP contribution in [0.1, 0.15) is 31.9 Å². The van der Waals surface area contributed by atoms with Gasteiger partial charge in [-0.25, -0.2) is 0 Å². The first-order valence-corrected chi connectivity index (χ1v) is 8.69. The Morgan fingerprint density at radius 1 is 1.04 bits per heavy atom. The first-order chi connectivity index (χ1) is 12.2. The molecule has 3 aromatic rings.